The highest BCUT2D eigenvalue weighted by atomic mass is 31.2. The second-order valence-corrected chi connectivity index (χ2v) is 14.2. The zero-order valence-corrected chi connectivity index (χ0v) is 32.2. The Bertz CT molecular complexity index is 919. The first-order valence-corrected chi connectivity index (χ1v) is 21.2. The van der Waals surface area contributed by atoms with E-state index < -0.39 is 26.5 Å². The number of ether oxygens (including phenoxy) is 2. The van der Waals surface area contributed by atoms with Crippen LogP contribution in [-0.4, -0.2) is 35.1 Å². The monoisotopic (exact) mass is 709 g/mol. The second-order valence-electron chi connectivity index (χ2n) is 13.0. The summed E-state index contributed by atoms with van der Waals surface area (Å²) in [6, 6.07) is 0. The van der Waals surface area contributed by atoms with Gasteiger partial charge in [0.1, 0.15) is 6.61 Å². The lowest BCUT2D eigenvalue weighted by Crippen LogP contribution is -2.27. The number of carbonyl (C=O) groups is 1. The average Bonchev–Trinajstić information content (AvgIpc) is 3.07. The van der Waals surface area contributed by atoms with E-state index in [1.807, 2.05) is 6.08 Å². The quantitative estimate of drug-likeness (QED) is 0.0219. The first kappa shape index (κ1) is 47.1. The van der Waals surface area contributed by atoms with Crippen LogP contribution in [0.4, 0.5) is 0 Å². The van der Waals surface area contributed by atoms with Gasteiger partial charge in [-0.3, -0.25) is 9.32 Å². The Morgan fingerprint density at radius 3 is 1.47 bits per heavy atom. The van der Waals surface area contributed by atoms with Crippen molar-refractivity contribution in [3.05, 3.63) is 60.9 Å². The SMILES string of the molecule is CCCCC/C=C\C/C=C\C/C=C\C/C=C\CCCCCC(=O)O[C@H](CO/C=C\CCCCCCCCCCCCCC)COP(=O)(O)O. The number of rotatable bonds is 36. The number of phosphoric ester groups is 1. The summed E-state index contributed by atoms with van der Waals surface area (Å²) < 4.78 is 26.7. The lowest BCUT2D eigenvalue weighted by Gasteiger charge is -2.18. The predicted octanol–water partition coefficient (Wildman–Crippen LogP) is 12.6. The minimum absolute atomic E-state index is 0.0211. The van der Waals surface area contributed by atoms with Gasteiger partial charge in [0.2, 0.25) is 0 Å². The van der Waals surface area contributed by atoms with Gasteiger partial charge in [-0.1, -0.05) is 152 Å². The third kappa shape index (κ3) is 40.4. The Hall–Kier alpha value is -1.92. The average molecular weight is 709 g/mol. The highest BCUT2D eigenvalue weighted by Crippen LogP contribution is 2.35. The van der Waals surface area contributed by atoms with E-state index in [2.05, 4.69) is 67.0 Å². The third-order valence-corrected chi connectivity index (χ3v) is 8.62. The maximum Gasteiger partial charge on any atom is 0.469 e. The molecule has 0 unspecified atom stereocenters. The normalized spacial score (nSPS) is 13.2. The summed E-state index contributed by atoms with van der Waals surface area (Å²) in [6.45, 7) is 4.04. The van der Waals surface area contributed by atoms with Crippen molar-refractivity contribution in [2.24, 2.45) is 0 Å². The molecule has 49 heavy (non-hydrogen) atoms. The molecule has 0 amide bonds. The largest absolute Gasteiger partial charge is 0.498 e. The van der Waals surface area contributed by atoms with Crippen molar-refractivity contribution in [3.8, 4) is 0 Å². The molecule has 0 aromatic carbocycles. The highest BCUT2D eigenvalue weighted by molar-refractivity contribution is 7.46. The lowest BCUT2D eigenvalue weighted by atomic mass is 10.0. The summed E-state index contributed by atoms with van der Waals surface area (Å²) >= 11 is 0. The molecule has 0 fully saturated rings. The van der Waals surface area contributed by atoms with Gasteiger partial charge < -0.3 is 19.3 Å². The van der Waals surface area contributed by atoms with E-state index in [0.717, 1.165) is 51.4 Å². The van der Waals surface area contributed by atoms with E-state index in [-0.39, 0.29) is 13.0 Å². The summed E-state index contributed by atoms with van der Waals surface area (Å²) in [4.78, 5) is 30.5. The molecule has 0 rings (SSSR count). The number of esters is 1. The Labute approximate surface area is 301 Å². The van der Waals surface area contributed by atoms with E-state index >= 15 is 0 Å². The fourth-order valence-corrected chi connectivity index (χ4v) is 5.57. The van der Waals surface area contributed by atoms with Gasteiger partial charge in [-0.05, 0) is 70.3 Å². The first-order chi connectivity index (χ1) is 23.9. The summed E-state index contributed by atoms with van der Waals surface area (Å²) in [7, 11) is -4.68. The molecule has 0 bridgehead atoms. The molecule has 7 nitrogen and oxygen atoms in total. The smallest absolute Gasteiger partial charge is 0.469 e. The summed E-state index contributed by atoms with van der Waals surface area (Å²) in [5.41, 5.74) is 0. The molecule has 0 aromatic heterocycles. The molecule has 0 saturated heterocycles. The van der Waals surface area contributed by atoms with Crippen molar-refractivity contribution < 1.29 is 33.1 Å². The Morgan fingerprint density at radius 2 is 0.959 bits per heavy atom. The first-order valence-electron chi connectivity index (χ1n) is 19.6. The maximum atomic E-state index is 12.4. The van der Waals surface area contributed by atoms with Crippen molar-refractivity contribution >= 4 is 13.8 Å². The number of hydrogen-bond donors (Lipinski definition) is 2. The van der Waals surface area contributed by atoms with Gasteiger partial charge in [-0.2, -0.15) is 0 Å². The molecule has 0 heterocycles. The van der Waals surface area contributed by atoms with E-state index in [1.54, 1.807) is 6.26 Å². The lowest BCUT2D eigenvalue weighted by molar-refractivity contribution is -0.153. The van der Waals surface area contributed by atoms with E-state index in [1.165, 1.54) is 96.3 Å². The van der Waals surface area contributed by atoms with Crippen LogP contribution in [0.5, 0.6) is 0 Å². The van der Waals surface area contributed by atoms with Gasteiger partial charge in [0, 0.05) is 6.42 Å². The van der Waals surface area contributed by atoms with Crippen LogP contribution in [0.3, 0.4) is 0 Å². The van der Waals surface area contributed by atoms with Gasteiger partial charge >= 0.3 is 13.8 Å². The topological polar surface area (TPSA) is 102 Å². The van der Waals surface area contributed by atoms with Crippen molar-refractivity contribution in [1.82, 2.24) is 0 Å². The van der Waals surface area contributed by atoms with Crippen LogP contribution in [0.1, 0.15) is 174 Å². The van der Waals surface area contributed by atoms with Crippen molar-refractivity contribution in [2.75, 3.05) is 13.2 Å². The van der Waals surface area contributed by atoms with Crippen LogP contribution < -0.4 is 0 Å². The van der Waals surface area contributed by atoms with Crippen molar-refractivity contribution in [2.45, 2.75) is 180 Å². The van der Waals surface area contributed by atoms with Gasteiger partial charge in [-0.25, -0.2) is 4.57 Å². The molecule has 0 saturated carbocycles. The molecular formula is C41H73O7P. The molecular weight excluding hydrogens is 635 g/mol. The van der Waals surface area contributed by atoms with Crippen molar-refractivity contribution in [1.29, 1.82) is 0 Å². The van der Waals surface area contributed by atoms with Crippen LogP contribution in [0.2, 0.25) is 0 Å². The number of carbonyl (C=O) groups excluding carboxylic acids is 1. The van der Waals surface area contributed by atoms with Crippen LogP contribution in [0.15, 0.2) is 60.9 Å². The predicted molar refractivity (Wildman–Crippen MR) is 206 cm³/mol. The van der Waals surface area contributed by atoms with Crippen LogP contribution in [0.25, 0.3) is 0 Å². The van der Waals surface area contributed by atoms with Gasteiger partial charge in [0.15, 0.2) is 6.10 Å². The van der Waals surface area contributed by atoms with Crippen LogP contribution in [0, 0.1) is 0 Å². The van der Waals surface area contributed by atoms with E-state index in [9.17, 15) is 9.36 Å². The zero-order chi connectivity index (χ0) is 35.9. The Balaban J connectivity index is 3.97. The molecule has 8 heteroatoms. The third-order valence-electron chi connectivity index (χ3n) is 8.13. The molecule has 284 valence electrons. The van der Waals surface area contributed by atoms with Crippen LogP contribution in [-0.2, 0) is 23.4 Å². The van der Waals surface area contributed by atoms with E-state index in [0.29, 0.717) is 6.42 Å². The molecule has 0 aliphatic heterocycles. The van der Waals surface area contributed by atoms with Crippen LogP contribution >= 0.6 is 7.82 Å². The number of hydrogen-bond acceptors (Lipinski definition) is 5. The zero-order valence-electron chi connectivity index (χ0n) is 31.3. The fourth-order valence-electron chi connectivity index (χ4n) is 5.21. The van der Waals surface area contributed by atoms with Crippen molar-refractivity contribution in [3.63, 3.8) is 0 Å². The minimum atomic E-state index is -4.68. The molecule has 0 aliphatic carbocycles. The summed E-state index contributed by atoms with van der Waals surface area (Å²) in [5.74, 6) is -0.416. The molecule has 0 radical (unpaired) electrons. The van der Waals surface area contributed by atoms with Gasteiger partial charge in [0.25, 0.3) is 0 Å². The molecule has 0 aliphatic rings. The summed E-state index contributed by atoms with van der Waals surface area (Å²) in [5, 5.41) is 0. The fraction of sp³-hybridized carbons (Fsp3) is 0.732. The van der Waals surface area contributed by atoms with E-state index in [4.69, 9.17) is 19.3 Å². The maximum absolute atomic E-state index is 12.4. The molecule has 2 N–H and O–H groups in total. The molecule has 0 aromatic rings. The number of phosphoric acid groups is 1. The highest BCUT2D eigenvalue weighted by Gasteiger charge is 2.21. The summed E-state index contributed by atoms with van der Waals surface area (Å²) in [6.07, 6.45) is 48.7. The number of unbranched alkanes of at least 4 members (excludes halogenated alkanes) is 18. The standard InChI is InChI=1S/C41H73O7P/c1-3-5-7-9-11-13-15-17-19-20-21-22-23-24-26-28-30-32-34-36-41(42)48-40(39-47-49(43,44)45)38-46-37-35-33-31-29-27-25-18-16-14-12-10-8-6-4-2/h11,13,17,19,21-22,24,26,35,37,40H,3-10,12,14-16,18,20,23,25,27-34,36,38-39H2,1-2H3,(H2,43,44,45)/b13-11-,19-17-,22-21-,26-24-,37-35-/t40-/m1/s1. The minimum Gasteiger partial charge on any atom is -0.498 e. The second kappa shape index (κ2) is 37.3. The molecule has 0 spiro atoms. The van der Waals surface area contributed by atoms with Gasteiger partial charge in [-0.15, -0.1) is 0 Å². The Morgan fingerprint density at radius 1 is 0.551 bits per heavy atom. The Kier molecular flexibility index (Phi) is 35.9. The van der Waals surface area contributed by atoms with Gasteiger partial charge in [0.05, 0.1) is 12.9 Å². The molecule has 1 atom stereocenters. The number of allylic oxidation sites excluding steroid dienone is 9.